The fraction of sp³-hybridized carbons (Fsp3) is 0.176. The molecule has 0 fully saturated rings. The first-order valence-electron chi connectivity index (χ1n) is 6.95. The van der Waals surface area contributed by atoms with Crippen molar-refractivity contribution in [2.75, 3.05) is 24.9 Å². The zero-order valence-corrected chi connectivity index (χ0v) is 13.2. The summed E-state index contributed by atoms with van der Waals surface area (Å²) >= 11 is 0. The van der Waals surface area contributed by atoms with Crippen molar-refractivity contribution in [3.8, 4) is 11.5 Å². The monoisotopic (exact) mass is 314 g/mol. The van der Waals surface area contributed by atoms with E-state index in [0.717, 1.165) is 0 Å². The highest BCUT2D eigenvalue weighted by atomic mass is 16.5. The van der Waals surface area contributed by atoms with Gasteiger partial charge in [-0.05, 0) is 36.4 Å². The molecule has 2 rings (SSSR count). The maximum atomic E-state index is 12.4. The highest BCUT2D eigenvalue weighted by molar-refractivity contribution is 6.06. The summed E-state index contributed by atoms with van der Waals surface area (Å²) in [6.45, 7) is 1.44. The van der Waals surface area contributed by atoms with Gasteiger partial charge in [0.2, 0.25) is 5.91 Å². The topological polar surface area (TPSA) is 76.7 Å². The number of ether oxygens (including phenoxy) is 2. The van der Waals surface area contributed by atoms with E-state index in [1.165, 1.54) is 21.1 Å². The summed E-state index contributed by atoms with van der Waals surface area (Å²) in [6.07, 6.45) is 0. The lowest BCUT2D eigenvalue weighted by molar-refractivity contribution is -0.114. The number of anilines is 2. The maximum absolute atomic E-state index is 12.4. The minimum atomic E-state index is -0.312. The van der Waals surface area contributed by atoms with Crippen molar-refractivity contribution in [1.29, 1.82) is 0 Å². The van der Waals surface area contributed by atoms with Crippen molar-refractivity contribution < 1.29 is 19.1 Å². The van der Waals surface area contributed by atoms with Crippen LogP contribution in [0.3, 0.4) is 0 Å². The lowest BCUT2D eigenvalue weighted by Gasteiger charge is -2.12. The van der Waals surface area contributed by atoms with E-state index < -0.39 is 0 Å². The van der Waals surface area contributed by atoms with Gasteiger partial charge in [-0.1, -0.05) is 6.07 Å². The summed E-state index contributed by atoms with van der Waals surface area (Å²) in [5.41, 5.74) is 1.64. The van der Waals surface area contributed by atoms with Crippen LogP contribution in [0.4, 0.5) is 11.4 Å². The molecule has 23 heavy (non-hydrogen) atoms. The van der Waals surface area contributed by atoms with Gasteiger partial charge in [-0.2, -0.15) is 0 Å². The molecule has 0 heterocycles. The summed E-state index contributed by atoms with van der Waals surface area (Å²) in [7, 11) is 3.00. The average Bonchev–Trinajstić information content (AvgIpc) is 2.55. The molecule has 0 aliphatic carbocycles. The number of methoxy groups -OCH3 is 2. The number of nitrogens with one attached hydrogen (secondary N) is 2. The molecule has 2 amide bonds. The number of hydrogen-bond donors (Lipinski definition) is 2. The number of hydrogen-bond acceptors (Lipinski definition) is 4. The Labute approximate surface area is 134 Å². The highest BCUT2D eigenvalue weighted by Gasteiger charge is 2.16. The molecule has 120 valence electrons. The zero-order chi connectivity index (χ0) is 16.8. The summed E-state index contributed by atoms with van der Waals surface area (Å²) in [5, 5.41) is 5.44. The van der Waals surface area contributed by atoms with Crippen LogP contribution in [0.15, 0.2) is 42.5 Å². The molecule has 0 aliphatic heterocycles. The van der Waals surface area contributed by atoms with Crippen LogP contribution >= 0.6 is 0 Å². The molecule has 2 aromatic rings. The number of amides is 2. The Hall–Kier alpha value is -3.02. The van der Waals surface area contributed by atoms with E-state index in [0.29, 0.717) is 28.4 Å². The predicted molar refractivity (Wildman–Crippen MR) is 88.2 cm³/mol. The van der Waals surface area contributed by atoms with Crippen LogP contribution < -0.4 is 20.1 Å². The first-order chi connectivity index (χ1) is 11.0. The molecule has 2 N–H and O–H groups in total. The van der Waals surface area contributed by atoms with E-state index in [2.05, 4.69) is 10.6 Å². The minimum absolute atomic E-state index is 0.150. The van der Waals surface area contributed by atoms with E-state index in [1.54, 1.807) is 42.5 Å². The molecule has 0 unspecified atom stereocenters. The number of carbonyl (C=O) groups is 2. The van der Waals surface area contributed by atoms with E-state index in [1.807, 2.05) is 0 Å². The van der Waals surface area contributed by atoms with E-state index >= 15 is 0 Å². The molecular formula is C17H18N2O4. The third-order valence-electron chi connectivity index (χ3n) is 3.11. The van der Waals surface area contributed by atoms with E-state index in [9.17, 15) is 9.59 Å². The summed E-state index contributed by atoms with van der Waals surface area (Å²) in [5.74, 6) is 0.402. The van der Waals surface area contributed by atoms with E-state index in [-0.39, 0.29) is 11.8 Å². The third-order valence-corrected chi connectivity index (χ3v) is 3.11. The quantitative estimate of drug-likeness (QED) is 0.889. The number of rotatable bonds is 5. The fourth-order valence-corrected chi connectivity index (χ4v) is 2.10. The molecule has 6 nitrogen and oxygen atoms in total. The highest BCUT2D eigenvalue weighted by Crippen LogP contribution is 2.31. The predicted octanol–water partition coefficient (Wildman–Crippen LogP) is 2.91. The molecule has 0 bridgehead atoms. The lowest BCUT2D eigenvalue weighted by atomic mass is 10.1. The SMILES string of the molecule is COc1cccc(C(=O)Nc2ccc(NC(C)=O)cc2)c1OC. The second-order valence-electron chi connectivity index (χ2n) is 4.75. The normalized spacial score (nSPS) is 9.87. The van der Waals surface area contributed by atoms with Crippen LogP contribution in [-0.4, -0.2) is 26.0 Å². The Kier molecular flexibility index (Phi) is 5.19. The van der Waals surface area contributed by atoms with Gasteiger partial charge in [0.25, 0.3) is 5.91 Å². The van der Waals surface area contributed by atoms with Crippen molar-refractivity contribution in [3.05, 3.63) is 48.0 Å². The Bertz CT molecular complexity index is 711. The molecule has 0 spiro atoms. The standard InChI is InChI=1S/C17H18N2O4/c1-11(20)18-12-7-9-13(10-8-12)19-17(21)14-5-4-6-15(22-2)16(14)23-3/h4-10H,1-3H3,(H,18,20)(H,19,21). The van der Waals surface area contributed by atoms with Crippen LogP contribution in [0.2, 0.25) is 0 Å². The van der Waals surface area contributed by atoms with Crippen LogP contribution in [0.25, 0.3) is 0 Å². The van der Waals surface area contributed by atoms with Gasteiger partial charge in [0.05, 0.1) is 19.8 Å². The Morgan fingerprint density at radius 2 is 1.48 bits per heavy atom. The molecule has 0 aromatic heterocycles. The smallest absolute Gasteiger partial charge is 0.259 e. The van der Waals surface area contributed by atoms with Crippen LogP contribution in [-0.2, 0) is 4.79 Å². The van der Waals surface area contributed by atoms with Gasteiger partial charge in [0.1, 0.15) is 0 Å². The van der Waals surface area contributed by atoms with Crippen molar-refractivity contribution in [2.24, 2.45) is 0 Å². The van der Waals surface area contributed by atoms with Gasteiger partial charge in [-0.3, -0.25) is 9.59 Å². The Balaban J connectivity index is 2.17. The molecule has 0 radical (unpaired) electrons. The fourth-order valence-electron chi connectivity index (χ4n) is 2.10. The van der Waals surface area contributed by atoms with Crippen molar-refractivity contribution >= 4 is 23.2 Å². The summed E-state index contributed by atoms with van der Waals surface area (Å²) in [4.78, 5) is 23.4. The van der Waals surface area contributed by atoms with Crippen LogP contribution in [0.1, 0.15) is 17.3 Å². The van der Waals surface area contributed by atoms with Gasteiger partial charge in [0, 0.05) is 18.3 Å². The van der Waals surface area contributed by atoms with Crippen molar-refractivity contribution in [1.82, 2.24) is 0 Å². The summed E-state index contributed by atoms with van der Waals surface area (Å²) in [6, 6.07) is 11.9. The van der Waals surface area contributed by atoms with Gasteiger partial charge in [-0.15, -0.1) is 0 Å². The largest absolute Gasteiger partial charge is 0.493 e. The molecule has 0 saturated carbocycles. The molecule has 2 aromatic carbocycles. The van der Waals surface area contributed by atoms with Gasteiger partial charge in [0.15, 0.2) is 11.5 Å². The molecule has 0 aliphatic rings. The van der Waals surface area contributed by atoms with E-state index in [4.69, 9.17) is 9.47 Å². The Morgan fingerprint density at radius 3 is 2.00 bits per heavy atom. The first-order valence-corrected chi connectivity index (χ1v) is 6.95. The second-order valence-corrected chi connectivity index (χ2v) is 4.75. The third kappa shape index (κ3) is 4.00. The maximum Gasteiger partial charge on any atom is 0.259 e. The van der Waals surface area contributed by atoms with Gasteiger partial charge >= 0.3 is 0 Å². The Morgan fingerprint density at radius 1 is 0.870 bits per heavy atom. The average molecular weight is 314 g/mol. The minimum Gasteiger partial charge on any atom is -0.493 e. The number of para-hydroxylation sites is 1. The van der Waals surface area contributed by atoms with Gasteiger partial charge < -0.3 is 20.1 Å². The molecule has 0 saturated heterocycles. The van der Waals surface area contributed by atoms with Crippen LogP contribution in [0.5, 0.6) is 11.5 Å². The summed E-state index contributed by atoms with van der Waals surface area (Å²) < 4.78 is 10.4. The van der Waals surface area contributed by atoms with Crippen LogP contribution in [0, 0.1) is 0 Å². The zero-order valence-electron chi connectivity index (χ0n) is 13.2. The lowest BCUT2D eigenvalue weighted by Crippen LogP contribution is -2.13. The molecular weight excluding hydrogens is 296 g/mol. The number of benzene rings is 2. The van der Waals surface area contributed by atoms with Gasteiger partial charge in [-0.25, -0.2) is 0 Å². The molecule has 6 heteroatoms. The van der Waals surface area contributed by atoms with Crippen molar-refractivity contribution in [2.45, 2.75) is 6.92 Å². The van der Waals surface area contributed by atoms with Crippen molar-refractivity contribution in [3.63, 3.8) is 0 Å². The molecule has 0 atom stereocenters. The second kappa shape index (κ2) is 7.31. The first kappa shape index (κ1) is 16.4. The number of carbonyl (C=O) groups excluding carboxylic acids is 2.